The van der Waals surface area contributed by atoms with Crippen LogP contribution < -0.4 is 4.72 Å². The van der Waals surface area contributed by atoms with Gasteiger partial charge in [0, 0.05) is 6.54 Å². The van der Waals surface area contributed by atoms with Crippen LogP contribution in [0, 0.1) is 5.92 Å². The van der Waals surface area contributed by atoms with Gasteiger partial charge in [-0.3, -0.25) is 4.55 Å². The maximum atomic E-state index is 12.0. The second-order valence-electron chi connectivity index (χ2n) is 3.60. The smallest absolute Gasteiger partial charge is 0.293 e. The second-order valence-corrected chi connectivity index (χ2v) is 6.42. The lowest BCUT2D eigenvalue weighted by atomic mass is 10.4. The van der Waals surface area contributed by atoms with Gasteiger partial charge in [-0.15, -0.1) is 0 Å². The summed E-state index contributed by atoms with van der Waals surface area (Å²) in [5, 5.41) is 0. The van der Waals surface area contributed by atoms with Crippen molar-refractivity contribution < 1.29 is 30.4 Å². The molecule has 1 unspecified atom stereocenters. The van der Waals surface area contributed by atoms with Crippen molar-refractivity contribution in [2.45, 2.75) is 19.0 Å². The first-order valence-corrected chi connectivity index (χ1v) is 7.07. The van der Waals surface area contributed by atoms with E-state index >= 15 is 0 Å². The minimum atomic E-state index is -4.88. The Bertz CT molecular complexity index is 393. The topological polar surface area (TPSA) is 86.7 Å². The van der Waals surface area contributed by atoms with E-state index in [0.29, 0.717) is 0 Å². The van der Waals surface area contributed by atoms with E-state index in [0.717, 1.165) is 12.8 Å². The van der Waals surface area contributed by atoms with Gasteiger partial charge in [0.1, 0.15) is 6.54 Å². The van der Waals surface area contributed by atoms with Crippen LogP contribution in [0.4, 0.5) is 13.2 Å². The third kappa shape index (κ3) is 5.29. The van der Waals surface area contributed by atoms with Gasteiger partial charge in [0.15, 0.2) is 0 Å². The molecular weight excluding hydrogens is 285 g/mol. The quantitative estimate of drug-likeness (QED) is 0.687. The van der Waals surface area contributed by atoms with Crippen LogP contribution in [-0.2, 0) is 21.5 Å². The summed E-state index contributed by atoms with van der Waals surface area (Å²) in [6, 6.07) is 0. The molecule has 0 aromatic heterocycles. The molecule has 1 saturated carbocycles. The van der Waals surface area contributed by atoms with Crippen molar-refractivity contribution >= 4 is 21.5 Å². The summed E-state index contributed by atoms with van der Waals surface area (Å²) in [5.74, 6) is 0.102. The van der Waals surface area contributed by atoms with Crippen LogP contribution in [0.2, 0.25) is 0 Å². The Morgan fingerprint density at radius 2 is 1.94 bits per heavy atom. The number of nitrogens with zero attached hydrogens (tertiary/aromatic N) is 1. The fourth-order valence-electron chi connectivity index (χ4n) is 0.988. The van der Waals surface area contributed by atoms with Gasteiger partial charge in [-0.05, 0) is 18.8 Å². The highest BCUT2D eigenvalue weighted by Gasteiger charge is 2.40. The van der Waals surface area contributed by atoms with E-state index in [1.807, 2.05) is 4.72 Å². The van der Waals surface area contributed by atoms with Crippen LogP contribution in [0.25, 0.3) is 0 Å². The molecule has 1 atom stereocenters. The van der Waals surface area contributed by atoms with Crippen molar-refractivity contribution in [1.82, 2.24) is 8.43 Å². The van der Waals surface area contributed by atoms with E-state index in [1.165, 1.54) is 0 Å². The Balaban J connectivity index is 2.70. The summed E-state index contributed by atoms with van der Waals surface area (Å²) < 4.78 is 79.3. The first kappa shape index (κ1) is 14.8. The standard InChI is InChI=1S/C6H11F3N2O4S2/c7-6(8,9)4-11(16(12)13)17(14,15)10-3-5-1-2-5/h5,10H,1-4H2,(H,12,13). The molecular formula is C6H11F3N2O4S2. The van der Waals surface area contributed by atoms with Crippen molar-refractivity contribution in [3.8, 4) is 0 Å². The number of alkyl halides is 3. The van der Waals surface area contributed by atoms with Gasteiger partial charge in [-0.2, -0.15) is 21.6 Å². The average Bonchev–Trinajstić information content (AvgIpc) is 2.92. The SMILES string of the molecule is O=S(O)N(CC(F)(F)F)S(=O)(=O)NCC1CC1. The number of hydrogen-bond donors (Lipinski definition) is 2. The van der Waals surface area contributed by atoms with Crippen molar-refractivity contribution in [2.75, 3.05) is 13.1 Å². The number of hydrogen-bond acceptors (Lipinski definition) is 3. The van der Waals surface area contributed by atoms with Gasteiger partial charge in [0.05, 0.1) is 0 Å². The average molecular weight is 296 g/mol. The van der Waals surface area contributed by atoms with Gasteiger partial charge in [0.25, 0.3) is 10.2 Å². The monoisotopic (exact) mass is 296 g/mol. The predicted molar refractivity (Wildman–Crippen MR) is 53.2 cm³/mol. The maximum absolute atomic E-state index is 12.0. The third-order valence-corrected chi connectivity index (χ3v) is 4.65. The molecule has 11 heteroatoms. The Labute approximate surface area is 98.8 Å². The first-order chi connectivity index (χ1) is 7.62. The van der Waals surface area contributed by atoms with Crippen LogP contribution >= 0.6 is 0 Å². The van der Waals surface area contributed by atoms with Gasteiger partial charge in [0.2, 0.25) is 11.3 Å². The molecule has 0 spiro atoms. The van der Waals surface area contributed by atoms with Crippen molar-refractivity contribution in [3.63, 3.8) is 0 Å². The Kier molecular flexibility index (Phi) is 4.52. The van der Waals surface area contributed by atoms with Gasteiger partial charge < -0.3 is 0 Å². The molecule has 0 amide bonds. The van der Waals surface area contributed by atoms with Crippen LogP contribution in [0.3, 0.4) is 0 Å². The number of halogens is 3. The zero-order valence-corrected chi connectivity index (χ0v) is 10.1. The lowest BCUT2D eigenvalue weighted by molar-refractivity contribution is -0.129. The molecule has 0 aromatic rings. The summed E-state index contributed by atoms with van der Waals surface area (Å²) in [6.07, 6.45) is -3.29. The van der Waals surface area contributed by atoms with E-state index in [4.69, 9.17) is 4.55 Å². The summed E-state index contributed by atoms with van der Waals surface area (Å²) >= 11 is -3.25. The summed E-state index contributed by atoms with van der Waals surface area (Å²) in [5.41, 5.74) is 0. The molecule has 17 heavy (non-hydrogen) atoms. The fourth-order valence-corrected chi connectivity index (χ4v) is 2.98. The van der Waals surface area contributed by atoms with E-state index < -0.39 is 37.9 Å². The first-order valence-electron chi connectivity index (χ1n) is 4.57. The molecule has 1 aliphatic carbocycles. The molecule has 0 heterocycles. The highest BCUT2D eigenvalue weighted by molar-refractivity contribution is 7.98. The normalized spacial score (nSPS) is 19.6. The molecule has 0 aromatic carbocycles. The zero-order chi connectivity index (χ0) is 13.3. The molecule has 0 aliphatic heterocycles. The zero-order valence-electron chi connectivity index (χ0n) is 8.48. The molecule has 1 rings (SSSR count). The molecule has 0 saturated heterocycles. The molecule has 102 valence electrons. The molecule has 0 radical (unpaired) electrons. The maximum Gasteiger partial charge on any atom is 0.403 e. The Hall–Kier alpha value is -0.230. The number of rotatable bonds is 6. The van der Waals surface area contributed by atoms with E-state index in [2.05, 4.69) is 0 Å². The Morgan fingerprint density at radius 1 is 1.41 bits per heavy atom. The minimum absolute atomic E-state index is 0.0199. The van der Waals surface area contributed by atoms with E-state index in [-0.39, 0.29) is 12.5 Å². The molecule has 6 nitrogen and oxygen atoms in total. The molecule has 1 aliphatic rings. The molecule has 0 bridgehead atoms. The van der Waals surface area contributed by atoms with Crippen LogP contribution in [-0.4, -0.2) is 40.2 Å². The van der Waals surface area contributed by atoms with Crippen molar-refractivity contribution in [2.24, 2.45) is 5.92 Å². The van der Waals surface area contributed by atoms with E-state index in [9.17, 15) is 25.8 Å². The van der Waals surface area contributed by atoms with Crippen molar-refractivity contribution in [3.05, 3.63) is 0 Å². The summed E-state index contributed by atoms with van der Waals surface area (Å²) in [6.45, 7) is -2.02. The van der Waals surface area contributed by atoms with Crippen molar-refractivity contribution in [1.29, 1.82) is 0 Å². The highest BCUT2D eigenvalue weighted by atomic mass is 32.3. The summed E-state index contributed by atoms with van der Waals surface area (Å²) in [7, 11) is -4.60. The molecule has 1 fully saturated rings. The van der Waals surface area contributed by atoms with Crippen LogP contribution in [0.15, 0.2) is 0 Å². The highest BCUT2D eigenvalue weighted by Crippen LogP contribution is 2.28. The lowest BCUT2D eigenvalue weighted by Gasteiger charge is -2.19. The second kappa shape index (κ2) is 5.18. The Morgan fingerprint density at radius 3 is 2.29 bits per heavy atom. The fraction of sp³-hybridized carbons (Fsp3) is 1.00. The van der Waals surface area contributed by atoms with Crippen LogP contribution in [0.1, 0.15) is 12.8 Å². The number of nitrogens with one attached hydrogen (secondary N) is 1. The van der Waals surface area contributed by atoms with Crippen LogP contribution in [0.5, 0.6) is 0 Å². The minimum Gasteiger partial charge on any atom is -0.293 e. The largest absolute Gasteiger partial charge is 0.403 e. The van der Waals surface area contributed by atoms with Gasteiger partial charge in [-0.1, -0.05) is 3.71 Å². The van der Waals surface area contributed by atoms with Gasteiger partial charge >= 0.3 is 6.18 Å². The summed E-state index contributed by atoms with van der Waals surface area (Å²) in [4.78, 5) is 0. The molecule has 2 N–H and O–H groups in total. The van der Waals surface area contributed by atoms with E-state index in [1.54, 1.807) is 0 Å². The predicted octanol–water partition coefficient (Wildman–Crippen LogP) is 0.232. The third-order valence-electron chi connectivity index (χ3n) is 2.00. The van der Waals surface area contributed by atoms with Gasteiger partial charge in [-0.25, -0.2) is 8.93 Å². The lowest BCUT2D eigenvalue weighted by Crippen LogP contribution is -2.46.